The van der Waals surface area contributed by atoms with E-state index >= 15 is 0 Å². The van der Waals surface area contributed by atoms with Crippen molar-refractivity contribution in [3.8, 4) is 11.3 Å². The Hall–Kier alpha value is -1.51. The van der Waals surface area contributed by atoms with Gasteiger partial charge in [0.2, 0.25) is 0 Å². The zero-order valence-corrected chi connectivity index (χ0v) is 12.0. The quantitative estimate of drug-likeness (QED) is 0.598. The number of rotatable bonds is 1. The topological polar surface area (TPSA) is 26.0 Å². The average molecular weight is 292 g/mol. The predicted molar refractivity (Wildman–Crippen MR) is 78.9 cm³/mol. The van der Waals surface area contributed by atoms with E-state index in [1.807, 2.05) is 44.2 Å². The standard InChI is InChI=1S/C15H11Cl2NO/c1-8-5-10(3-4-12(8)16)15-11-6-9(2)13(17)7-14(11)18-19-15/h3-7H,1-2H3. The van der Waals surface area contributed by atoms with E-state index in [0.29, 0.717) is 5.02 Å². The highest BCUT2D eigenvalue weighted by Gasteiger charge is 2.13. The molecule has 0 fully saturated rings. The van der Waals surface area contributed by atoms with Gasteiger partial charge in [0, 0.05) is 15.6 Å². The minimum atomic E-state index is 0.694. The lowest BCUT2D eigenvalue weighted by Crippen LogP contribution is -1.81. The van der Waals surface area contributed by atoms with E-state index in [4.69, 9.17) is 27.7 Å². The van der Waals surface area contributed by atoms with Gasteiger partial charge in [-0.25, -0.2) is 0 Å². The minimum Gasteiger partial charge on any atom is -0.355 e. The molecule has 3 aromatic rings. The molecule has 0 radical (unpaired) electrons. The monoisotopic (exact) mass is 291 g/mol. The lowest BCUT2D eigenvalue weighted by atomic mass is 10.0. The Labute approximate surface area is 120 Å². The van der Waals surface area contributed by atoms with Crippen LogP contribution in [0.2, 0.25) is 10.0 Å². The number of fused-ring (bicyclic) bond motifs is 1. The molecule has 96 valence electrons. The summed E-state index contributed by atoms with van der Waals surface area (Å²) in [6, 6.07) is 9.60. The Kier molecular flexibility index (Phi) is 3.00. The van der Waals surface area contributed by atoms with Gasteiger partial charge in [-0.1, -0.05) is 28.4 Å². The summed E-state index contributed by atoms with van der Waals surface area (Å²) in [4.78, 5) is 0. The second-order valence-corrected chi connectivity index (χ2v) is 5.41. The van der Waals surface area contributed by atoms with Crippen molar-refractivity contribution in [2.45, 2.75) is 13.8 Å². The van der Waals surface area contributed by atoms with Crippen LogP contribution in [0.25, 0.3) is 22.2 Å². The van der Waals surface area contributed by atoms with Gasteiger partial charge in [0.25, 0.3) is 0 Å². The highest BCUT2D eigenvalue weighted by atomic mass is 35.5. The van der Waals surface area contributed by atoms with Crippen LogP contribution in [0.5, 0.6) is 0 Å². The fourth-order valence-corrected chi connectivity index (χ4v) is 2.34. The van der Waals surface area contributed by atoms with Crippen molar-refractivity contribution in [2.75, 3.05) is 0 Å². The van der Waals surface area contributed by atoms with Gasteiger partial charge in [0.05, 0.1) is 5.39 Å². The van der Waals surface area contributed by atoms with Gasteiger partial charge in [-0.2, -0.15) is 0 Å². The SMILES string of the molecule is Cc1cc(-c2onc3cc(Cl)c(C)cc23)ccc1Cl. The molecule has 0 N–H and O–H groups in total. The van der Waals surface area contributed by atoms with Crippen LogP contribution in [0.4, 0.5) is 0 Å². The van der Waals surface area contributed by atoms with Crippen LogP contribution in [0.3, 0.4) is 0 Å². The Balaban J connectivity index is 2.25. The zero-order chi connectivity index (χ0) is 13.6. The molecule has 0 spiro atoms. The van der Waals surface area contributed by atoms with Crippen molar-refractivity contribution in [2.24, 2.45) is 0 Å². The van der Waals surface area contributed by atoms with Crippen LogP contribution in [-0.2, 0) is 0 Å². The maximum Gasteiger partial charge on any atom is 0.174 e. The Bertz CT molecular complexity index is 777. The van der Waals surface area contributed by atoms with E-state index in [2.05, 4.69) is 5.16 Å². The lowest BCUT2D eigenvalue weighted by Gasteiger charge is -2.02. The van der Waals surface area contributed by atoms with E-state index < -0.39 is 0 Å². The van der Waals surface area contributed by atoms with Crippen molar-refractivity contribution in [3.05, 3.63) is 51.5 Å². The molecule has 2 nitrogen and oxygen atoms in total. The summed E-state index contributed by atoms with van der Waals surface area (Å²) < 4.78 is 5.45. The molecule has 0 aliphatic carbocycles. The van der Waals surface area contributed by atoms with Gasteiger partial charge in [0.1, 0.15) is 5.52 Å². The summed E-state index contributed by atoms with van der Waals surface area (Å²) in [7, 11) is 0. The van der Waals surface area contributed by atoms with Crippen LogP contribution < -0.4 is 0 Å². The molecule has 0 atom stereocenters. The second kappa shape index (κ2) is 4.55. The van der Waals surface area contributed by atoms with Gasteiger partial charge in [-0.05, 0) is 55.3 Å². The first-order valence-electron chi connectivity index (χ1n) is 5.88. The number of aromatic nitrogens is 1. The molecule has 1 aromatic heterocycles. The summed E-state index contributed by atoms with van der Waals surface area (Å²) in [6.07, 6.45) is 0. The van der Waals surface area contributed by atoms with E-state index in [0.717, 1.165) is 38.4 Å². The molecule has 1 heterocycles. The molecule has 0 bridgehead atoms. The summed E-state index contributed by atoms with van der Waals surface area (Å²) in [5, 5.41) is 6.45. The minimum absolute atomic E-state index is 0.694. The van der Waals surface area contributed by atoms with Crippen molar-refractivity contribution < 1.29 is 4.52 Å². The number of benzene rings is 2. The van der Waals surface area contributed by atoms with Crippen molar-refractivity contribution in [3.63, 3.8) is 0 Å². The molecular formula is C15H11Cl2NO. The third kappa shape index (κ3) is 2.11. The molecule has 0 aliphatic rings. The first kappa shape index (κ1) is 12.5. The normalized spacial score (nSPS) is 11.2. The van der Waals surface area contributed by atoms with Crippen molar-refractivity contribution in [1.82, 2.24) is 5.16 Å². The average Bonchev–Trinajstić information content (AvgIpc) is 2.76. The van der Waals surface area contributed by atoms with Gasteiger partial charge in [-0.3, -0.25) is 0 Å². The highest BCUT2D eigenvalue weighted by Crippen LogP contribution is 2.33. The maximum atomic E-state index is 6.09. The molecule has 0 unspecified atom stereocenters. The summed E-state index contributed by atoms with van der Waals surface area (Å²) in [5.41, 5.74) is 3.74. The number of nitrogens with zero attached hydrogens (tertiary/aromatic N) is 1. The molecular weight excluding hydrogens is 281 g/mol. The number of halogens is 2. The Morgan fingerprint density at radius 2 is 1.68 bits per heavy atom. The number of aryl methyl sites for hydroxylation is 2. The van der Waals surface area contributed by atoms with Gasteiger partial charge < -0.3 is 4.52 Å². The molecule has 0 amide bonds. The maximum absolute atomic E-state index is 6.09. The van der Waals surface area contributed by atoms with Gasteiger partial charge >= 0.3 is 0 Å². The molecule has 0 saturated heterocycles. The highest BCUT2D eigenvalue weighted by molar-refractivity contribution is 6.32. The first-order chi connectivity index (χ1) is 9.06. The third-order valence-electron chi connectivity index (χ3n) is 3.18. The number of hydrogen-bond acceptors (Lipinski definition) is 2. The predicted octanol–water partition coefficient (Wildman–Crippen LogP) is 5.42. The molecule has 2 aromatic carbocycles. The fourth-order valence-electron chi connectivity index (χ4n) is 2.07. The molecule has 4 heteroatoms. The fraction of sp³-hybridized carbons (Fsp3) is 0.133. The second-order valence-electron chi connectivity index (χ2n) is 4.59. The first-order valence-corrected chi connectivity index (χ1v) is 6.64. The van der Waals surface area contributed by atoms with E-state index in [9.17, 15) is 0 Å². The van der Waals surface area contributed by atoms with Crippen LogP contribution in [0.1, 0.15) is 11.1 Å². The zero-order valence-electron chi connectivity index (χ0n) is 10.5. The Morgan fingerprint density at radius 3 is 2.42 bits per heavy atom. The lowest BCUT2D eigenvalue weighted by molar-refractivity contribution is 0.441. The van der Waals surface area contributed by atoms with E-state index in [-0.39, 0.29) is 0 Å². The summed E-state index contributed by atoms with van der Waals surface area (Å²) in [6.45, 7) is 3.93. The van der Waals surface area contributed by atoms with Gasteiger partial charge in [-0.15, -0.1) is 0 Å². The van der Waals surface area contributed by atoms with Crippen LogP contribution in [-0.4, -0.2) is 5.16 Å². The van der Waals surface area contributed by atoms with Crippen LogP contribution >= 0.6 is 23.2 Å². The third-order valence-corrected chi connectivity index (χ3v) is 4.01. The number of hydrogen-bond donors (Lipinski definition) is 0. The Morgan fingerprint density at radius 1 is 0.947 bits per heavy atom. The van der Waals surface area contributed by atoms with E-state index in [1.165, 1.54) is 0 Å². The molecule has 3 rings (SSSR count). The van der Waals surface area contributed by atoms with Crippen LogP contribution in [0.15, 0.2) is 34.9 Å². The van der Waals surface area contributed by atoms with Crippen molar-refractivity contribution in [1.29, 1.82) is 0 Å². The van der Waals surface area contributed by atoms with Crippen molar-refractivity contribution >= 4 is 34.1 Å². The summed E-state index contributed by atoms with van der Waals surface area (Å²) >= 11 is 12.1. The smallest absolute Gasteiger partial charge is 0.174 e. The molecule has 19 heavy (non-hydrogen) atoms. The van der Waals surface area contributed by atoms with E-state index in [1.54, 1.807) is 0 Å². The van der Waals surface area contributed by atoms with Gasteiger partial charge in [0.15, 0.2) is 5.76 Å². The molecule has 0 aliphatic heterocycles. The largest absolute Gasteiger partial charge is 0.355 e. The summed E-state index contributed by atoms with van der Waals surface area (Å²) in [5.74, 6) is 0.745. The molecule has 0 saturated carbocycles. The van der Waals surface area contributed by atoms with Crippen LogP contribution in [0, 0.1) is 13.8 Å².